The van der Waals surface area contributed by atoms with Crippen LogP contribution in [0.5, 0.6) is 0 Å². The lowest BCUT2D eigenvalue weighted by Gasteiger charge is -1.95. The van der Waals surface area contributed by atoms with Gasteiger partial charge in [0.25, 0.3) is 0 Å². The highest BCUT2D eigenvalue weighted by atomic mass is 16.1. The molecule has 1 saturated carbocycles. The van der Waals surface area contributed by atoms with E-state index in [2.05, 4.69) is 19.2 Å². The predicted octanol–water partition coefficient (Wildman–Crippen LogP) is 1.95. The Morgan fingerprint density at radius 1 is 1.33 bits per heavy atom. The highest BCUT2D eigenvalue weighted by molar-refractivity contribution is 5.48. The SMILES string of the molecule is CCCCC1C(CC)C1NC=O. The van der Waals surface area contributed by atoms with Gasteiger partial charge in [0.05, 0.1) is 0 Å². The largest absolute Gasteiger partial charge is 0.355 e. The summed E-state index contributed by atoms with van der Waals surface area (Å²) in [7, 11) is 0. The lowest BCUT2D eigenvalue weighted by Crippen LogP contribution is -2.16. The third-order valence-corrected chi connectivity index (χ3v) is 2.95. The smallest absolute Gasteiger partial charge is 0.207 e. The molecule has 0 bridgehead atoms. The molecular weight excluding hydrogens is 150 g/mol. The van der Waals surface area contributed by atoms with Crippen molar-refractivity contribution in [3.05, 3.63) is 0 Å². The molecule has 1 N–H and O–H groups in total. The fourth-order valence-electron chi connectivity index (χ4n) is 2.16. The first kappa shape index (κ1) is 9.56. The molecule has 0 saturated heterocycles. The molecule has 70 valence electrons. The van der Waals surface area contributed by atoms with Crippen LogP contribution >= 0.6 is 0 Å². The Bertz CT molecular complexity index is 147. The molecule has 0 aromatic rings. The van der Waals surface area contributed by atoms with Crippen molar-refractivity contribution in [3.8, 4) is 0 Å². The van der Waals surface area contributed by atoms with Crippen LogP contribution in [-0.4, -0.2) is 12.5 Å². The molecule has 1 amide bonds. The summed E-state index contributed by atoms with van der Waals surface area (Å²) in [6.07, 6.45) is 5.92. The minimum atomic E-state index is 0.499. The number of nitrogens with one attached hydrogen (secondary N) is 1. The average molecular weight is 169 g/mol. The van der Waals surface area contributed by atoms with E-state index >= 15 is 0 Å². The highest BCUT2D eigenvalue weighted by Crippen LogP contribution is 2.44. The molecule has 0 aromatic carbocycles. The Hall–Kier alpha value is -0.530. The normalized spacial score (nSPS) is 33.0. The number of hydrogen-bond donors (Lipinski definition) is 1. The van der Waals surface area contributed by atoms with E-state index in [1.807, 2.05) is 0 Å². The van der Waals surface area contributed by atoms with E-state index < -0.39 is 0 Å². The van der Waals surface area contributed by atoms with Crippen LogP contribution < -0.4 is 5.32 Å². The maximum Gasteiger partial charge on any atom is 0.207 e. The second-order valence-corrected chi connectivity index (χ2v) is 3.69. The van der Waals surface area contributed by atoms with Gasteiger partial charge in [-0.3, -0.25) is 4.79 Å². The van der Waals surface area contributed by atoms with Crippen molar-refractivity contribution in [2.75, 3.05) is 0 Å². The summed E-state index contributed by atoms with van der Waals surface area (Å²) in [5, 5.41) is 2.90. The lowest BCUT2D eigenvalue weighted by molar-refractivity contribution is -0.109. The van der Waals surface area contributed by atoms with E-state index in [0.29, 0.717) is 6.04 Å². The zero-order chi connectivity index (χ0) is 8.97. The molecule has 1 fully saturated rings. The Labute approximate surface area is 74.7 Å². The Morgan fingerprint density at radius 2 is 2.08 bits per heavy atom. The zero-order valence-electron chi connectivity index (χ0n) is 8.05. The van der Waals surface area contributed by atoms with Gasteiger partial charge in [-0.15, -0.1) is 0 Å². The van der Waals surface area contributed by atoms with Crippen LogP contribution in [-0.2, 0) is 4.79 Å². The molecule has 1 aliphatic carbocycles. The second kappa shape index (κ2) is 4.48. The Balaban J connectivity index is 2.21. The van der Waals surface area contributed by atoms with Gasteiger partial charge in [0.1, 0.15) is 0 Å². The van der Waals surface area contributed by atoms with Crippen molar-refractivity contribution in [2.45, 2.75) is 45.6 Å². The van der Waals surface area contributed by atoms with E-state index in [4.69, 9.17) is 0 Å². The Kier molecular flexibility index (Phi) is 3.57. The summed E-state index contributed by atoms with van der Waals surface area (Å²) >= 11 is 0. The third-order valence-electron chi connectivity index (χ3n) is 2.95. The predicted molar refractivity (Wildman–Crippen MR) is 49.8 cm³/mol. The van der Waals surface area contributed by atoms with E-state index in [0.717, 1.165) is 18.2 Å². The molecule has 1 aliphatic rings. The van der Waals surface area contributed by atoms with Crippen LogP contribution in [0.2, 0.25) is 0 Å². The molecule has 0 spiro atoms. The molecule has 3 unspecified atom stereocenters. The first-order valence-corrected chi connectivity index (χ1v) is 5.04. The van der Waals surface area contributed by atoms with Crippen molar-refractivity contribution in [3.63, 3.8) is 0 Å². The monoisotopic (exact) mass is 169 g/mol. The van der Waals surface area contributed by atoms with Gasteiger partial charge < -0.3 is 5.32 Å². The van der Waals surface area contributed by atoms with E-state index in [1.54, 1.807) is 0 Å². The number of amides is 1. The first-order chi connectivity index (χ1) is 5.85. The maximum atomic E-state index is 10.2. The number of carbonyl (C=O) groups is 1. The standard InChI is InChI=1S/C10H19NO/c1-3-5-6-9-8(4-2)10(9)11-7-12/h7-10H,3-6H2,1-2H3,(H,11,12). The third kappa shape index (κ3) is 1.99. The molecule has 0 heterocycles. The molecule has 3 atom stereocenters. The van der Waals surface area contributed by atoms with Gasteiger partial charge in [0.2, 0.25) is 6.41 Å². The average Bonchev–Trinajstić information content (AvgIpc) is 2.75. The summed E-state index contributed by atoms with van der Waals surface area (Å²) in [6.45, 7) is 4.42. The summed E-state index contributed by atoms with van der Waals surface area (Å²) < 4.78 is 0. The molecule has 1 rings (SSSR count). The summed E-state index contributed by atoms with van der Waals surface area (Å²) in [5.74, 6) is 1.54. The highest BCUT2D eigenvalue weighted by Gasteiger charge is 2.47. The molecule has 0 aliphatic heterocycles. The minimum Gasteiger partial charge on any atom is -0.355 e. The number of rotatable bonds is 6. The fourth-order valence-corrected chi connectivity index (χ4v) is 2.16. The van der Waals surface area contributed by atoms with Gasteiger partial charge in [0, 0.05) is 6.04 Å². The maximum absolute atomic E-state index is 10.2. The number of carbonyl (C=O) groups excluding carboxylic acids is 1. The van der Waals surface area contributed by atoms with E-state index in [9.17, 15) is 4.79 Å². The van der Waals surface area contributed by atoms with Gasteiger partial charge in [0.15, 0.2) is 0 Å². The first-order valence-electron chi connectivity index (χ1n) is 5.04. The minimum absolute atomic E-state index is 0.499. The summed E-state index contributed by atoms with van der Waals surface area (Å²) in [4.78, 5) is 10.2. The molecule has 0 radical (unpaired) electrons. The summed E-state index contributed by atoms with van der Waals surface area (Å²) in [5.41, 5.74) is 0. The van der Waals surface area contributed by atoms with Crippen LogP contribution in [0.3, 0.4) is 0 Å². The van der Waals surface area contributed by atoms with Crippen LogP contribution in [0.4, 0.5) is 0 Å². The van der Waals surface area contributed by atoms with Crippen LogP contribution in [0, 0.1) is 11.8 Å². The molecule has 2 nitrogen and oxygen atoms in total. The molecule has 0 aromatic heterocycles. The molecular formula is C10H19NO. The van der Waals surface area contributed by atoms with Gasteiger partial charge in [-0.2, -0.15) is 0 Å². The molecule has 12 heavy (non-hydrogen) atoms. The van der Waals surface area contributed by atoms with Gasteiger partial charge >= 0.3 is 0 Å². The van der Waals surface area contributed by atoms with Gasteiger partial charge in [-0.25, -0.2) is 0 Å². The van der Waals surface area contributed by atoms with Crippen LogP contribution in [0.25, 0.3) is 0 Å². The van der Waals surface area contributed by atoms with Crippen molar-refractivity contribution in [1.29, 1.82) is 0 Å². The molecule has 2 heteroatoms. The van der Waals surface area contributed by atoms with E-state index in [1.165, 1.54) is 25.7 Å². The number of hydrogen-bond acceptors (Lipinski definition) is 1. The van der Waals surface area contributed by atoms with Gasteiger partial charge in [-0.1, -0.05) is 33.1 Å². The second-order valence-electron chi connectivity index (χ2n) is 3.69. The van der Waals surface area contributed by atoms with Crippen LogP contribution in [0.1, 0.15) is 39.5 Å². The number of unbranched alkanes of at least 4 members (excludes halogenated alkanes) is 1. The van der Waals surface area contributed by atoms with Crippen LogP contribution in [0.15, 0.2) is 0 Å². The van der Waals surface area contributed by atoms with Gasteiger partial charge in [-0.05, 0) is 18.3 Å². The van der Waals surface area contributed by atoms with E-state index in [-0.39, 0.29) is 0 Å². The van der Waals surface area contributed by atoms with Crippen molar-refractivity contribution in [1.82, 2.24) is 5.32 Å². The van der Waals surface area contributed by atoms with Crippen molar-refractivity contribution in [2.24, 2.45) is 11.8 Å². The zero-order valence-corrected chi connectivity index (χ0v) is 8.05. The topological polar surface area (TPSA) is 29.1 Å². The Morgan fingerprint density at radius 3 is 2.58 bits per heavy atom. The quantitative estimate of drug-likeness (QED) is 0.605. The summed E-state index contributed by atoms with van der Waals surface area (Å²) in [6, 6.07) is 0.499. The van der Waals surface area contributed by atoms with Crippen molar-refractivity contribution < 1.29 is 4.79 Å². The lowest BCUT2D eigenvalue weighted by atomic mass is 10.1. The van der Waals surface area contributed by atoms with Crippen molar-refractivity contribution >= 4 is 6.41 Å². The fraction of sp³-hybridized carbons (Fsp3) is 0.900.